The number of carboxylic acid groups (broad SMARTS) is 1. The number of hydrogen-bond donors (Lipinski definition) is 1. The number of carbonyl (C=O) groups excluding carboxylic acids is 2. The third-order valence-corrected chi connectivity index (χ3v) is 3.15. The van der Waals surface area contributed by atoms with E-state index in [9.17, 15) is 14.4 Å². The van der Waals surface area contributed by atoms with Gasteiger partial charge in [-0.15, -0.1) is 0 Å². The number of hydrogen-bond acceptors (Lipinski definition) is 3. The van der Waals surface area contributed by atoms with E-state index in [0.29, 0.717) is 36.9 Å². The maximum atomic E-state index is 12.0. The van der Waals surface area contributed by atoms with Gasteiger partial charge in [0.25, 0.3) is 11.8 Å². The molecule has 107 valence electrons. The molecule has 0 atom stereocenters. The molecule has 0 aromatic heterocycles. The van der Waals surface area contributed by atoms with E-state index in [1.807, 2.05) is 0 Å². The van der Waals surface area contributed by atoms with Crippen molar-refractivity contribution in [2.24, 2.45) is 0 Å². The van der Waals surface area contributed by atoms with E-state index in [4.69, 9.17) is 5.11 Å². The second kappa shape index (κ2) is 7.22. The van der Waals surface area contributed by atoms with Crippen LogP contribution in [0.1, 0.15) is 46.4 Å². The monoisotopic (exact) mass is 316 g/mol. The van der Waals surface area contributed by atoms with Gasteiger partial charge in [0.1, 0.15) is 0 Å². The van der Waals surface area contributed by atoms with E-state index < -0.39 is 5.97 Å². The summed E-state index contributed by atoms with van der Waals surface area (Å²) in [5.41, 5.74) is 0.913. The van der Waals surface area contributed by atoms with Crippen molar-refractivity contribution >= 4 is 17.8 Å². The van der Waals surface area contributed by atoms with Gasteiger partial charge in [-0.1, -0.05) is 18.6 Å². The first-order chi connectivity index (χ1) is 9.11. The largest absolute Gasteiger partial charge is 0.481 e. The summed E-state index contributed by atoms with van der Waals surface area (Å²) in [7, 11) is 0. The van der Waals surface area contributed by atoms with Gasteiger partial charge < -0.3 is 5.11 Å². The average molecular weight is 316 g/mol. The van der Waals surface area contributed by atoms with Crippen LogP contribution in [0.15, 0.2) is 24.3 Å². The second-order valence-electron chi connectivity index (χ2n) is 4.51. The Balaban J connectivity index is 0.00000200. The minimum atomic E-state index is -0.819. The third-order valence-electron chi connectivity index (χ3n) is 3.15. The van der Waals surface area contributed by atoms with Crippen molar-refractivity contribution < 1.29 is 36.6 Å². The summed E-state index contributed by atoms with van der Waals surface area (Å²) in [4.78, 5) is 35.6. The Morgan fingerprint density at radius 1 is 1.00 bits per heavy atom. The fourth-order valence-electron chi connectivity index (χ4n) is 2.17. The van der Waals surface area contributed by atoms with E-state index >= 15 is 0 Å². The molecule has 0 fully saturated rings. The van der Waals surface area contributed by atoms with Gasteiger partial charge in [0.2, 0.25) is 0 Å². The Morgan fingerprint density at radius 2 is 1.55 bits per heavy atom. The van der Waals surface area contributed by atoms with Gasteiger partial charge >= 0.3 is 5.97 Å². The molecular weight excluding hydrogens is 301 g/mol. The SMILES string of the molecule is O=C(O)CCCCCN1C(=O)c2ccccc2C1=O.[Mn]. The molecule has 1 aromatic carbocycles. The van der Waals surface area contributed by atoms with E-state index in [0.717, 1.165) is 0 Å². The molecule has 0 unspecified atom stereocenters. The summed E-state index contributed by atoms with van der Waals surface area (Å²) in [5, 5.41) is 8.51. The van der Waals surface area contributed by atoms with Crippen molar-refractivity contribution in [1.82, 2.24) is 4.90 Å². The number of carbonyl (C=O) groups is 3. The van der Waals surface area contributed by atoms with Crippen molar-refractivity contribution in [1.29, 1.82) is 0 Å². The molecule has 1 heterocycles. The van der Waals surface area contributed by atoms with Gasteiger partial charge in [-0.2, -0.15) is 0 Å². The number of rotatable bonds is 6. The molecular formula is C14H15MnNO4. The van der Waals surface area contributed by atoms with Crippen LogP contribution in [0.2, 0.25) is 0 Å². The Hall–Kier alpha value is -1.65. The summed E-state index contributed by atoms with van der Waals surface area (Å²) >= 11 is 0. The molecule has 0 aliphatic carbocycles. The number of imide groups is 1. The molecule has 6 heteroatoms. The van der Waals surface area contributed by atoms with E-state index in [-0.39, 0.29) is 35.3 Å². The van der Waals surface area contributed by atoms with Gasteiger partial charge in [0.15, 0.2) is 0 Å². The molecule has 1 aromatic rings. The maximum absolute atomic E-state index is 12.0. The van der Waals surface area contributed by atoms with Crippen LogP contribution < -0.4 is 0 Å². The van der Waals surface area contributed by atoms with Crippen LogP contribution in [0.25, 0.3) is 0 Å². The van der Waals surface area contributed by atoms with Gasteiger partial charge in [0.05, 0.1) is 11.1 Å². The quantitative estimate of drug-likeness (QED) is 0.494. The number of aliphatic carboxylic acids is 1. The minimum absolute atomic E-state index is 0. The molecule has 0 bridgehead atoms. The predicted octanol–water partition coefficient (Wildman–Crippen LogP) is 1.93. The fourth-order valence-corrected chi connectivity index (χ4v) is 2.17. The summed E-state index contributed by atoms with van der Waals surface area (Å²) in [6.07, 6.45) is 2.03. The van der Waals surface area contributed by atoms with Gasteiger partial charge in [-0.25, -0.2) is 0 Å². The van der Waals surface area contributed by atoms with Crippen LogP contribution in [0.4, 0.5) is 0 Å². The molecule has 5 nitrogen and oxygen atoms in total. The van der Waals surface area contributed by atoms with Crippen molar-refractivity contribution in [3.05, 3.63) is 35.4 Å². The molecule has 0 saturated carbocycles. The van der Waals surface area contributed by atoms with Crippen LogP contribution in [0.3, 0.4) is 0 Å². The van der Waals surface area contributed by atoms with Gasteiger partial charge in [-0.3, -0.25) is 19.3 Å². The number of nitrogens with zero attached hydrogens (tertiary/aromatic N) is 1. The predicted molar refractivity (Wildman–Crippen MR) is 67.9 cm³/mol. The zero-order valence-corrected chi connectivity index (χ0v) is 12.0. The van der Waals surface area contributed by atoms with Crippen LogP contribution >= 0.6 is 0 Å². The van der Waals surface area contributed by atoms with Crippen molar-refractivity contribution in [3.63, 3.8) is 0 Å². The first kappa shape index (κ1) is 16.4. The van der Waals surface area contributed by atoms with Crippen molar-refractivity contribution in [2.45, 2.75) is 25.7 Å². The second-order valence-corrected chi connectivity index (χ2v) is 4.51. The van der Waals surface area contributed by atoms with Crippen molar-refractivity contribution in [3.8, 4) is 0 Å². The number of unbranched alkanes of at least 4 members (excludes halogenated alkanes) is 2. The van der Waals surface area contributed by atoms with E-state index in [2.05, 4.69) is 0 Å². The topological polar surface area (TPSA) is 74.7 Å². The third kappa shape index (κ3) is 3.46. The number of carboxylic acids is 1. The summed E-state index contributed by atoms with van der Waals surface area (Å²) < 4.78 is 0. The molecule has 20 heavy (non-hydrogen) atoms. The molecule has 1 radical (unpaired) electrons. The van der Waals surface area contributed by atoms with Gasteiger partial charge in [0, 0.05) is 30.0 Å². The van der Waals surface area contributed by atoms with E-state index in [1.165, 1.54) is 4.90 Å². The molecule has 0 spiro atoms. The smallest absolute Gasteiger partial charge is 0.303 e. The number of amides is 2. The standard InChI is InChI=1S/C14H15NO4.Mn/c16-12(17)8-2-1-5-9-15-13(18)10-6-3-4-7-11(10)14(15)19;/h3-4,6-7H,1-2,5,8-9H2,(H,16,17);. The normalized spacial score (nSPS) is 13.1. The molecule has 2 amide bonds. The first-order valence-electron chi connectivity index (χ1n) is 6.28. The van der Waals surface area contributed by atoms with Crippen LogP contribution in [0, 0.1) is 0 Å². The van der Waals surface area contributed by atoms with E-state index in [1.54, 1.807) is 24.3 Å². The molecule has 2 rings (SSSR count). The Labute approximate surface area is 127 Å². The van der Waals surface area contributed by atoms with Gasteiger partial charge in [-0.05, 0) is 25.0 Å². The Morgan fingerprint density at radius 3 is 2.05 bits per heavy atom. The maximum Gasteiger partial charge on any atom is 0.303 e. The number of benzene rings is 1. The summed E-state index contributed by atoms with van der Waals surface area (Å²) in [6, 6.07) is 6.78. The average Bonchev–Trinajstić information content (AvgIpc) is 2.63. The molecule has 1 N–H and O–H groups in total. The van der Waals surface area contributed by atoms with Crippen LogP contribution in [-0.2, 0) is 21.9 Å². The zero-order valence-electron chi connectivity index (χ0n) is 10.8. The van der Waals surface area contributed by atoms with Crippen LogP contribution in [0.5, 0.6) is 0 Å². The molecule has 1 aliphatic heterocycles. The minimum Gasteiger partial charge on any atom is -0.481 e. The number of fused-ring (bicyclic) bond motifs is 1. The molecule has 1 aliphatic rings. The van der Waals surface area contributed by atoms with Crippen molar-refractivity contribution in [2.75, 3.05) is 6.54 Å². The van der Waals surface area contributed by atoms with Crippen LogP contribution in [-0.4, -0.2) is 34.3 Å². The summed E-state index contributed by atoms with van der Waals surface area (Å²) in [5.74, 6) is -1.32. The Kier molecular flexibility index (Phi) is 5.92. The Bertz CT molecular complexity index is 495. The zero-order chi connectivity index (χ0) is 13.8. The first-order valence-corrected chi connectivity index (χ1v) is 6.28. The molecule has 0 saturated heterocycles. The summed E-state index contributed by atoms with van der Waals surface area (Å²) in [6.45, 7) is 0.353. The fraction of sp³-hybridized carbons (Fsp3) is 0.357.